The Morgan fingerprint density at radius 2 is 1.77 bits per heavy atom. The van der Waals surface area contributed by atoms with Gasteiger partial charge in [-0.15, -0.1) is 0 Å². The van der Waals surface area contributed by atoms with E-state index in [2.05, 4.69) is 0 Å². The van der Waals surface area contributed by atoms with E-state index in [4.69, 9.17) is 11.6 Å². The van der Waals surface area contributed by atoms with Gasteiger partial charge in [0.2, 0.25) is 0 Å². The van der Waals surface area contributed by atoms with Gasteiger partial charge in [-0.3, -0.25) is 4.79 Å². The molecule has 1 amide bonds. The number of sulfonamides is 1. The van der Waals surface area contributed by atoms with E-state index >= 15 is 0 Å². The monoisotopic (exact) mass is 335 g/mol. The summed E-state index contributed by atoms with van der Waals surface area (Å²) < 4.78 is 26.3. The van der Waals surface area contributed by atoms with Crippen LogP contribution >= 0.6 is 11.6 Å². The van der Waals surface area contributed by atoms with Crippen LogP contribution in [0.25, 0.3) is 6.08 Å². The van der Waals surface area contributed by atoms with Gasteiger partial charge in [0.1, 0.15) is 0 Å². The summed E-state index contributed by atoms with van der Waals surface area (Å²) in [6.07, 6.45) is 1.61. The van der Waals surface area contributed by atoms with Crippen LogP contribution in [-0.2, 0) is 14.8 Å². The van der Waals surface area contributed by atoms with Crippen LogP contribution in [0.4, 0.5) is 0 Å². The molecular formula is C16H14ClNO3S. The fourth-order valence-electron chi connectivity index (χ4n) is 1.76. The molecule has 114 valence electrons. The molecule has 6 heteroatoms. The van der Waals surface area contributed by atoms with E-state index in [0.717, 1.165) is 5.56 Å². The number of carbonyl (C=O) groups excluding carboxylic acids is 1. The molecule has 0 bridgehead atoms. The molecule has 0 atom stereocenters. The summed E-state index contributed by atoms with van der Waals surface area (Å²) in [4.78, 5) is 12.0. The quantitative estimate of drug-likeness (QED) is 0.872. The van der Waals surface area contributed by atoms with Gasteiger partial charge in [0, 0.05) is 10.6 Å². The Hall–Kier alpha value is -2.11. The zero-order valence-corrected chi connectivity index (χ0v) is 13.4. The Bertz CT molecular complexity index is 814. The molecule has 22 heavy (non-hydrogen) atoms. The zero-order valence-electron chi connectivity index (χ0n) is 11.8. The number of carbonyl (C=O) groups is 1. The molecular weight excluding hydrogens is 322 g/mol. The van der Waals surface area contributed by atoms with Gasteiger partial charge in [-0.25, -0.2) is 13.1 Å². The SMILES string of the molecule is CC(=Cc1ccccc1)C(=O)NS(=O)(=O)c1cccc(Cl)c1. The van der Waals surface area contributed by atoms with Crippen molar-refractivity contribution in [3.63, 3.8) is 0 Å². The van der Waals surface area contributed by atoms with Crippen molar-refractivity contribution in [2.45, 2.75) is 11.8 Å². The molecule has 0 aliphatic heterocycles. The molecule has 0 spiro atoms. The van der Waals surface area contributed by atoms with Gasteiger partial charge < -0.3 is 0 Å². The second-order valence-electron chi connectivity index (χ2n) is 4.63. The summed E-state index contributed by atoms with van der Waals surface area (Å²) >= 11 is 5.77. The number of hydrogen-bond donors (Lipinski definition) is 1. The third-order valence-corrected chi connectivity index (χ3v) is 4.44. The van der Waals surface area contributed by atoms with Crippen LogP contribution in [0.15, 0.2) is 65.1 Å². The third-order valence-electron chi connectivity index (χ3n) is 2.87. The van der Waals surface area contributed by atoms with Crippen LogP contribution < -0.4 is 4.72 Å². The lowest BCUT2D eigenvalue weighted by molar-refractivity contribution is -0.115. The average molecular weight is 336 g/mol. The van der Waals surface area contributed by atoms with Crippen molar-refractivity contribution in [1.82, 2.24) is 4.72 Å². The molecule has 0 saturated carbocycles. The normalized spacial score (nSPS) is 12.0. The Morgan fingerprint density at radius 3 is 2.41 bits per heavy atom. The molecule has 4 nitrogen and oxygen atoms in total. The van der Waals surface area contributed by atoms with Gasteiger partial charge in [0.25, 0.3) is 15.9 Å². The predicted molar refractivity (Wildman–Crippen MR) is 86.9 cm³/mol. The van der Waals surface area contributed by atoms with Crippen LogP contribution in [0.2, 0.25) is 5.02 Å². The second kappa shape index (κ2) is 6.77. The summed E-state index contributed by atoms with van der Waals surface area (Å²) in [6, 6.07) is 14.9. The molecule has 0 aliphatic carbocycles. The fraction of sp³-hybridized carbons (Fsp3) is 0.0625. The lowest BCUT2D eigenvalue weighted by Crippen LogP contribution is -2.31. The van der Waals surface area contributed by atoms with E-state index in [1.54, 1.807) is 19.1 Å². The molecule has 2 aromatic rings. The zero-order chi connectivity index (χ0) is 16.2. The number of amides is 1. The van der Waals surface area contributed by atoms with Crippen molar-refractivity contribution in [3.8, 4) is 0 Å². The van der Waals surface area contributed by atoms with Crippen molar-refractivity contribution < 1.29 is 13.2 Å². The first kappa shape index (κ1) is 16.3. The van der Waals surface area contributed by atoms with Crippen molar-refractivity contribution in [2.24, 2.45) is 0 Å². The maximum absolute atomic E-state index is 12.1. The Morgan fingerprint density at radius 1 is 1.09 bits per heavy atom. The molecule has 0 aliphatic rings. The van der Waals surface area contributed by atoms with Gasteiger partial charge >= 0.3 is 0 Å². The first-order valence-corrected chi connectivity index (χ1v) is 8.31. The number of hydrogen-bond acceptors (Lipinski definition) is 3. The molecule has 0 unspecified atom stereocenters. The summed E-state index contributed by atoms with van der Waals surface area (Å²) in [5.74, 6) is -0.677. The van der Waals surface area contributed by atoms with Gasteiger partial charge in [0.05, 0.1) is 4.90 Å². The van der Waals surface area contributed by atoms with Crippen LogP contribution in [-0.4, -0.2) is 14.3 Å². The van der Waals surface area contributed by atoms with Gasteiger partial charge in [-0.2, -0.15) is 0 Å². The number of rotatable bonds is 4. The van der Waals surface area contributed by atoms with Crippen molar-refractivity contribution in [1.29, 1.82) is 0 Å². The molecule has 0 saturated heterocycles. The van der Waals surface area contributed by atoms with Crippen LogP contribution in [0, 0.1) is 0 Å². The molecule has 2 aromatic carbocycles. The van der Waals surface area contributed by atoms with E-state index < -0.39 is 15.9 Å². The molecule has 0 heterocycles. The maximum atomic E-state index is 12.1. The summed E-state index contributed by atoms with van der Waals surface area (Å²) in [5, 5.41) is 0.284. The predicted octanol–water partition coefficient (Wildman–Crippen LogP) is 3.25. The first-order chi connectivity index (χ1) is 10.4. The first-order valence-electron chi connectivity index (χ1n) is 6.44. The van der Waals surface area contributed by atoms with E-state index in [1.165, 1.54) is 18.2 Å². The summed E-state index contributed by atoms with van der Waals surface area (Å²) in [7, 11) is -3.94. The lowest BCUT2D eigenvalue weighted by Gasteiger charge is -2.07. The van der Waals surface area contributed by atoms with E-state index in [-0.39, 0.29) is 15.5 Å². The van der Waals surface area contributed by atoms with Crippen molar-refractivity contribution in [2.75, 3.05) is 0 Å². The van der Waals surface area contributed by atoms with Gasteiger partial charge in [-0.05, 0) is 36.8 Å². The molecule has 1 N–H and O–H groups in total. The van der Waals surface area contributed by atoms with Crippen LogP contribution in [0.3, 0.4) is 0 Å². The smallest absolute Gasteiger partial charge is 0.264 e. The number of halogens is 1. The molecule has 0 radical (unpaired) electrons. The van der Waals surface area contributed by atoms with Gasteiger partial charge in [-0.1, -0.05) is 48.0 Å². The Kier molecular flexibility index (Phi) is 5.00. The largest absolute Gasteiger partial charge is 0.269 e. The topological polar surface area (TPSA) is 63.2 Å². The molecule has 0 aromatic heterocycles. The fourth-order valence-corrected chi connectivity index (χ4v) is 3.08. The highest BCUT2D eigenvalue weighted by molar-refractivity contribution is 7.90. The summed E-state index contributed by atoms with van der Waals surface area (Å²) in [6.45, 7) is 1.55. The number of nitrogens with one attached hydrogen (secondary N) is 1. The Balaban J connectivity index is 2.19. The third kappa shape index (κ3) is 4.19. The highest BCUT2D eigenvalue weighted by Gasteiger charge is 2.18. The minimum absolute atomic E-state index is 0.0548. The average Bonchev–Trinajstić information content (AvgIpc) is 2.48. The van der Waals surface area contributed by atoms with Crippen LogP contribution in [0.1, 0.15) is 12.5 Å². The van der Waals surface area contributed by atoms with Crippen molar-refractivity contribution >= 4 is 33.6 Å². The minimum Gasteiger partial charge on any atom is -0.269 e. The summed E-state index contributed by atoms with van der Waals surface area (Å²) in [5.41, 5.74) is 1.10. The minimum atomic E-state index is -3.94. The van der Waals surface area contributed by atoms with E-state index in [9.17, 15) is 13.2 Å². The standard InChI is InChI=1S/C16H14ClNO3S/c1-12(10-13-6-3-2-4-7-13)16(19)18-22(20,21)15-9-5-8-14(17)11-15/h2-11H,1H3,(H,18,19). The molecule has 0 fully saturated rings. The van der Waals surface area contributed by atoms with E-state index in [1.807, 2.05) is 35.1 Å². The van der Waals surface area contributed by atoms with Crippen molar-refractivity contribution in [3.05, 3.63) is 70.8 Å². The maximum Gasteiger partial charge on any atom is 0.264 e. The lowest BCUT2D eigenvalue weighted by atomic mass is 10.1. The number of benzene rings is 2. The van der Waals surface area contributed by atoms with Crippen LogP contribution in [0.5, 0.6) is 0 Å². The van der Waals surface area contributed by atoms with Gasteiger partial charge in [0.15, 0.2) is 0 Å². The van der Waals surface area contributed by atoms with E-state index in [0.29, 0.717) is 0 Å². The highest BCUT2D eigenvalue weighted by atomic mass is 35.5. The molecule has 2 rings (SSSR count). The Labute approximate surface area is 134 Å². The highest BCUT2D eigenvalue weighted by Crippen LogP contribution is 2.16. The second-order valence-corrected chi connectivity index (χ2v) is 6.75.